The number of carbonyl (C=O) groups excluding carboxylic acids is 1. The van der Waals surface area contributed by atoms with Crippen molar-refractivity contribution in [3.05, 3.63) is 59.9 Å². The van der Waals surface area contributed by atoms with Crippen LogP contribution in [0.3, 0.4) is 0 Å². The van der Waals surface area contributed by atoms with Gasteiger partial charge in [0.1, 0.15) is 17.3 Å². The van der Waals surface area contributed by atoms with E-state index in [-0.39, 0.29) is 24.2 Å². The van der Waals surface area contributed by atoms with E-state index in [1.54, 1.807) is 19.2 Å². The maximum absolute atomic E-state index is 13.2. The second-order valence-electron chi connectivity index (χ2n) is 6.55. The molecule has 1 saturated heterocycles. The van der Waals surface area contributed by atoms with Crippen LogP contribution in [-0.4, -0.2) is 37.6 Å². The van der Waals surface area contributed by atoms with Crippen molar-refractivity contribution in [2.24, 2.45) is 0 Å². The smallest absolute Gasteiger partial charge is 0.260 e. The fourth-order valence-electron chi connectivity index (χ4n) is 3.30. The topological polar surface area (TPSA) is 38.8 Å². The van der Waals surface area contributed by atoms with E-state index >= 15 is 0 Å². The van der Waals surface area contributed by atoms with Gasteiger partial charge in [-0.3, -0.25) is 4.79 Å². The summed E-state index contributed by atoms with van der Waals surface area (Å²) in [5.41, 5.74) is 1.08. The van der Waals surface area contributed by atoms with Crippen molar-refractivity contribution in [2.45, 2.75) is 25.2 Å². The van der Waals surface area contributed by atoms with Gasteiger partial charge in [0.25, 0.3) is 5.91 Å². The van der Waals surface area contributed by atoms with Gasteiger partial charge >= 0.3 is 0 Å². The molecule has 4 nitrogen and oxygen atoms in total. The Balaban J connectivity index is 1.61. The minimum Gasteiger partial charge on any atom is -0.497 e. The third kappa shape index (κ3) is 4.75. The zero-order valence-electron chi connectivity index (χ0n) is 15.0. The summed E-state index contributed by atoms with van der Waals surface area (Å²) in [6.45, 7) is 1.38. The van der Waals surface area contributed by atoms with Crippen molar-refractivity contribution in [1.82, 2.24) is 4.90 Å². The number of likely N-dealkylation sites (tertiary alicyclic amines) is 1. The van der Waals surface area contributed by atoms with Crippen molar-refractivity contribution in [1.29, 1.82) is 0 Å². The van der Waals surface area contributed by atoms with E-state index in [4.69, 9.17) is 9.47 Å². The number of nitrogens with zero attached hydrogens (tertiary/aromatic N) is 1. The quantitative estimate of drug-likeness (QED) is 0.812. The molecule has 0 bridgehead atoms. The Morgan fingerprint density at radius 3 is 2.69 bits per heavy atom. The van der Waals surface area contributed by atoms with Gasteiger partial charge in [-0.15, -0.1) is 0 Å². The summed E-state index contributed by atoms with van der Waals surface area (Å²) in [6.07, 6.45) is 3.04. The molecule has 138 valence electrons. The monoisotopic (exact) mass is 357 g/mol. The summed E-state index contributed by atoms with van der Waals surface area (Å²) in [7, 11) is 1.59. The molecular weight excluding hydrogens is 333 g/mol. The number of rotatable bonds is 5. The lowest BCUT2D eigenvalue weighted by Crippen LogP contribution is -2.37. The third-order valence-electron chi connectivity index (χ3n) is 4.77. The van der Waals surface area contributed by atoms with Crippen molar-refractivity contribution in [3.8, 4) is 11.5 Å². The van der Waals surface area contributed by atoms with E-state index in [9.17, 15) is 9.18 Å². The second-order valence-corrected chi connectivity index (χ2v) is 6.55. The molecule has 0 N–H and O–H groups in total. The molecule has 3 rings (SSSR count). The number of benzene rings is 2. The summed E-state index contributed by atoms with van der Waals surface area (Å²) in [5.74, 6) is 1.28. The first kappa shape index (κ1) is 18.2. The largest absolute Gasteiger partial charge is 0.497 e. The van der Waals surface area contributed by atoms with Gasteiger partial charge in [-0.25, -0.2) is 4.39 Å². The Hall–Kier alpha value is -2.56. The maximum Gasteiger partial charge on any atom is 0.260 e. The van der Waals surface area contributed by atoms with Gasteiger partial charge in [0, 0.05) is 25.1 Å². The van der Waals surface area contributed by atoms with Crippen molar-refractivity contribution in [2.75, 3.05) is 26.8 Å². The van der Waals surface area contributed by atoms with E-state index in [2.05, 4.69) is 0 Å². The lowest BCUT2D eigenvalue weighted by Gasteiger charge is -2.25. The first-order chi connectivity index (χ1) is 12.7. The second kappa shape index (κ2) is 8.70. The van der Waals surface area contributed by atoms with E-state index in [0.717, 1.165) is 31.4 Å². The molecule has 5 heteroatoms. The van der Waals surface area contributed by atoms with Crippen molar-refractivity contribution in [3.63, 3.8) is 0 Å². The molecule has 1 aliphatic heterocycles. The summed E-state index contributed by atoms with van der Waals surface area (Å²) < 4.78 is 24.0. The van der Waals surface area contributed by atoms with Crippen LogP contribution < -0.4 is 9.47 Å². The van der Waals surface area contributed by atoms with Gasteiger partial charge in [-0.05, 0) is 42.7 Å². The van der Waals surface area contributed by atoms with E-state index < -0.39 is 0 Å². The molecule has 1 aliphatic rings. The molecule has 0 spiro atoms. The van der Waals surface area contributed by atoms with Crippen LogP contribution in [0.1, 0.15) is 30.7 Å². The molecule has 1 fully saturated rings. The number of halogens is 1. The number of ether oxygens (including phenoxy) is 2. The summed E-state index contributed by atoms with van der Waals surface area (Å²) in [5, 5.41) is 0. The summed E-state index contributed by atoms with van der Waals surface area (Å²) >= 11 is 0. The number of methoxy groups -OCH3 is 1. The predicted molar refractivity (Wildman–Crippen MR) is 98.1 cm³/mol. The van der Waals surface area contributed by atoms with Crippen LogP contribution in [0.5, 0.6) is 11.5 Å². The molecule has 1 amide bonds. The molecule has 2 aromatic carbocycles. The van der Waals surface area contributed by atoms with Gasteiger partial charge in [0.15, 0.2) is 6.61 Å². The summed E-state index contributed by atoms with van der Waals surface area (Å²) in [6, 6.07) is 13.8. The molecule has 0 saturated carbocycles. The number of carbonyl (C=O) groups is 1. The van der Waals surface area contributed by atoms with Crippen LogP contribution >= 0.6 is 0 Å². The highest BCUT2D eigenvalue weighted by molar-refractivity contribution is 5.78. The molecule has 1 unspecified atom stereocenters. The highest BCUT2D eigenvalue weighted by Gasteiger charge is 2.23. The fourth-order valence-corrected chi connectivity index (χ4v) is 3.30. The lowest BCUT2D eigenvalue weighted by atomic mass is 9.94. The maximum atomic E-state index is 13.2. The Morgan fingerprint density at radius 1 is 1.15 bits per heavy atom. The van der Waals surface area contributed by atoms with Gasteiger partial charge in [0.05, 0.1) is 7.11 Å². The minimum atomic E-state index is -0.234. The number of hydrogen-bond donors (Lipinski definition) is 0. The van der Waals surface area contributed by atoms with Crippen LogP contribution in [0, 0.1) is 5.82 Å². The van der Waals surface area contributed by atoms with E-state index in [1.165, 1.54) is 12.1 Å². The SMILES string of the molecule is COc1cccc(OCC(=O)N2CCCCC(c3ccc(F)cc3)C2)c1. The lowest BCUT2D eigenvalue weighted by molar-refractivity contribution is -0.133. The molecule has 0 aliphatic carbocycles. The molecule has 26 heavy (non-hydrogen) atoms. The summed E-state index contributed by atoms with van der Waals surface area (Å²) in [4.78, 5) is 14.5. The van der Waals surface area contributed by atoms with Crippen LogP contribution in [-0.2, 0) is 4.79 Å². The van der Waals surface area contributed by atoms with E-state index in [0.29, 0.717) is 18.0 Å². The first-order valence-corrected chi connectivity index (χ1v) is 8.96. The molecule has 0 radical (unpaired) electrons. The number of hydrogen-bond acceptors (Lipinski definition) is 3. The highest BCUT2D eigenvalue weighted by atomic mass is 19.1. The Kier molecular flexibility index (Phi) is 6.10. The Labute approximate surface area is 153 Å². The van der Waals surface area contributed by atoms with Gasteiger partial charge < -0.3 is 14.4 Å². The molecule has 2 aromatic rings. The van der Waals surface area contributed by atoms with Crippen LogP contribution in [0.15, 0.2) is 48.5 Å². The zero-order valence-corrected chi connectivity index (χ0v) is 15.0. The predicted octanol–water partition coefficient (Wildman–Crippen LogP) is 4.01. The van der Waals surface area contributed by atoms with Crippen LogP contribution in [0.4, 0.5) is 4.39 Å². The molecular formula is C21H24FNO3. The minimum absolute atomic E-state index is 0.00328. The average Bonchev–Trinajstić information content (AvgIpc) is 2.93. The zero-order chi connectivity index (χ0) is 18.4. The molecule has 0 aromatic heterocycles. The van der Waals surface area contributed by atoms with Crippen LogP contribution in [0.25, 0.3) is 0 Å². The fraction of sp³-hybridized carbons (Fsp3) is 0.381. The Bertz CT molecular complexity index is 732. The Morgan fingerprint density at radius 2 is 1.92 bits per heavy atom. The van der Waals surface area contributed by atoms with Crippen molar-refractivity contribution >= 4 is 5.91 Å². The van der Waals surface area contributed by atoms with Gasteiger partial charge in [-0.2, -0.15) is 0 Å². The van der Waals surface area contributed by atoms with Gasteiger partial charge in [-0.1, -0.05) is 24.6 Å². The first-order valence-electron chi connectivity index (χ1n) is 8.96. The molecule has 1 heterocycles. The van der Waals surface area contributed by atoms with Gasteiger partial charge in [0.2, 0.25) is 0 Å². The van der Waals surface area contributed by atoms with E-state index in [1.807, 2.05) is 29.2 Å². The van der Waals surface area contributed by atoms with Crippen molar-refractivity contribution < 1.29 is 18.7 Å². The van der Waals surface area contributed by atoms with Crippen LogP contribution in [0.2, 0.25) is 0 Å². The molecule has 1 atom stereocenters. The third-order valence-corrected chi connectivity index (χ3v) is 4.77. The standard InChI is InChI=1S/C21H24FNO3/c1-25-19-6-4-7-20(13-19)26-15-21(24)23-12-3-2-5-17(14-23)16-8-10-18(22)11-9-16/h4,6-11,13,17H,2-3,5,12,14-15H2,1H3. The highest BCUT2D eigenvalue weighted by Crippen LogP contribution is 2.27. The average molecular weight is 357 g/mol. The normalized spacial score (nSPS) is 17.5. The number of amides is 1.